The van der Waals surface area contributed by atoms with Crippen LogP contribution in [0, 0.1) is 5.92 Å². The minimum absolute atomic E-state index is 0.0884. The van der Waals surface area contributed by atoms with Crippen molar-refractivity contribution in [2.24, 2.45) is 5.92 Å². The van der Waals surface area contributed by atoms with Crippen molar-refractivity contribution in [2.45, 2.75) is 12.7 Å². The Morgan fingerprint density at radius 1 is 1.08 bits per heavy atom. The first-order valence-electron chi connectivity index (χ1n) is 7.59. The lowest BCUT2D eigenvalue weighted by Gasteiger charge is -2.17. The Balaban J connectivity index is 2.16. The fraction of sp³-hybridized carbons (Fsp3) is 0.333. The predicted molar refractivity (Wildman–Crippen MR) is 89.6 cm³/mol. The van der Waals surface area contributed by atoms with Crippen LogP contribution in [0.2, 0.25) is 0 Å². The highest BCUT2D eigenvalue weighted by molar-refractivity contribution is 5.98. The maximum atomic E-state index is 12.3. The fourth-order valence-electron chi connectivity index (χ4n) is 2.55. The van der Waals surface area contributed by atoms with E-state index in [9.17, 15) is 14.7 Å². The molecule has 1 atom stereocenters. The molecule has 2 aromatic carbocycles. The van der Waals surface area contributed by atoms with E-state index in [1.54, 1.807) is 0 Å². The molecule has 0 saturated carbocycles. The normalized spacial score (nSPS) is 12.3. The summed E-state index contributed by atoms with van der Waals surface area (Å²) in [5.74, 6) is -2.90. The maximum Gasteiger partial charge on any atom is 0.316 e. The van der Waals surface area contributed by atoms with Crippen molar-refractivity contribution in [1.29, 1.82) is 0 Å². The molecular weight excluding hydrogens is 310 g/mol. The second-order valence-corrected chi connectivity index (χ2v) is 5.38. The van der Waals surface area contributed by atoms with Crippen LogP contribution in [0.5, 0.6) is 0 Å². The third-order valence-corrected chi connectivity index (χ3v) is 3.89. The monoisotopic (exact) mass is 331 g/mol. The van der Waals surface area contributed by atoms with Gasteiger partial charge in [0, 0.05) is 14.2 Å². The number of fused-ring (bicyclic) bond motifs is 1. The van der Waals surface area contributed by atoms with Crippen LogP contribution in [-0.4, -0.2) is 44.0 Å². The number of methoxy groups -OCH3 is 2. The van der Waals surface area contributed by atoms with Crippen molar-refractivity contribution in [3.05, 3.63) is 48.0 Å². The highest BCUT2D eigenvalue weighted by Crippen LogP contribution is 2.21. The zero-order valence-corrected chi connectivity index (χ0v) is 13.7. The summed E-state index contributed by atoms with van der Waals surface area (Å²) in [5, 5.41) is 14.0. The number of carboxylic acids is 1. The predicted octanol–water partition coefficient (Wildman–Crippen LogP) is 1.82. The molecule has 24 heavy (non-hydrogen) atoms. The summed E-state index contributed by atoms with van der Waals surface area (Å²) in [7, 11) is 2.90. The number of carbonyl (C=O) groups is 2. The van der Waals surface area contributed by atoms with Crippen molar-refractivity contribution >= 4 is 22.6 Å². The molecule has 0 aliphatic rings. The van der Waals surface area contributed by atoms with Gasteiger partial charge in [0.05, 0.1) is 6.54 Å². The van der Waals surface area contributed by atoms with Gasteiger partial charge < -0.3 is 19.9 Å². The van der Waals surface area contributed by atoms with Gasteiger partial charge in [0.1, 0.15) is 5.92 Å². The molecule has 6 heteroatoms. The molecule has 0 heterocycles. The third-order valence-electron chi connectivity index (χ3n) is 3.89. The minimum atomic E-state index is -1.18. The van der Waals surface area contributed by atoms with E-state index < -0.39 is 24.1 Å². The molecule has 1 amide bonds. The van der Waals surface area contributed by atoms with E-state index in [2.05, 4.69) is 5.32 Å². The van der Waals surface area contributed by atoms with Gasteiger partial charge in [0.15, 0.2) is 6.29 Å². The summed E-state index contributed by atoms with van der Waals surface area (Å²) in [6.45, 7) is 0.0884. The van der Waals surface area contributed by atoms with Crippen LogP contribution in [0.3, 0.4) is 0 Å². The van der Waals surface area contributed by atoms with Crippen LogP contribution in [0.15, 0.2) is 42.5 Å². The zero-order valence-electron chi connectivity index (χ0n) is 13.7. The van der Waals surface area contributed by atoms with E-state index in [1.165, 1.54) is 14.2 Å². The highest BCUT2D eigenvalue weighted by atomic mass is 16.7. The number of hydrogen-bond donors (Lipinski definition) is 2. The quantitative estimate of drug-likeness (QED) is 0.569. The summed E-state index contributed by atoms with van der Waals surface area (Å²) in [5.41, 5.74) is 0.825. The number of carbonyl (C=O) groups excluding carboxylic acids is 1. The molecule has 128 valence electrons. The Hall–Kier alpha value is -2.44. The Labute approximate surface area is 140 Å². The van der Waals surface area contributed by atoms with Gasteiger partial charge in [-0.1, -0.05) is 42.5 Å². The fourth-order valence-corrected chi connectivity index (χ4v) is 2.55. The molecule has 0 saturated heterocycles. The topological polar surface area (TPSA) is 84.9 Å². The first kappa shape index (κ1) is 17.9. The Morgan fingerprint density at radius 3 is 2.42 bits per heavy atom. The largest absolute Gasteiger partial charge is 0.481 e. The SMILES string of the molecule is COC(CNC(=O)C(Cc1cccc2ccccc12)C(=O)O)OC. The van der Waals surface area contributed by atoms with E-state index in [4.69, 9.17) is 9.47 Å². The Morgan fingerprint density at radius 2 is 1.75 bits per heavy atom. The molecule has 0 bridgehead atoms. The molecule has 0 radical (unpaired) electrons. The van der Waals surface area contributed by atoms with Gasteiger partial charge in [-0.15, -0.1) is 0 Å². The Bertz CT molecular complexity index is 706. The standard InChI is InChI=1S/C18H21NO5/c1-23-16(24-2)11-19-17(20)15(18(21)22)10-13-8-5-7-12-6-3-4-9-14(12)13/h3-9,15-16H,10-11H2,1-2H3,(H,19,20)(H,21,22). The van der Waals surface area contributed by atoms with E-state index in [-0.39, 0.29) is 13.0 Å². The van der Waals surface area contributed by atoms with Gasteiger partial charge in [0.2, 0.25) is 5.91 Å². The average molecular weight is 331 g/mol. The minimum Gasteiger partial charge on any atom is -0.481 e. The molecule has 0 aliphatic heterocycles. The first-order valence-corrected chi connectivity index (χ1v) is 7.59. The molecule has 2 N–H and O–H groups in total. The highest BCUT2D eigenvalue weighted by Gasteiger charge is 2.27. The Kier molecular flexibility index (Phi) is 6.28. The summed E-state index contributed by atoms with van der Waals surface area (Å²) in [6, 6.07) is 13.4. The molecule has 0 fully saturated rings. The van der Waals surface area contributed by atoms with Gasteiger partial charge in [-0.3, -0.25) is 9.59 Å². The third kappa shape index (κ3) is 4.31. The number of amides is 1. The van der Waals surface area contributed by atoms with Crippen molar-refractivity contribution in [3.8, 4) is 0 Å². The van der Waals surface area contributed by atoms with Crippen LogP contribution >= 0.6 is 0 Å². The van der Waals surface area contributed by atoms with Gasteiger partial charge in [-0.05, 0) is 22.8 Å². The molecule has 2 aromatic rings. The summed E-state index contributed by atoms with van der Waals surface area (Å²) in [6.07, 6.45) is -0.492. The lowest BCUT2D eigenvalue weighted by Crippen LogP contribution is -2.41. The lowest BCUT2D eigenvalue weighted by atomic mass is 9.94. The molecule has 6 nitrogen and oxygen atoms in total. The van der Waals surface area contributed by atoms with Crippen LogP contribution in [-0.2, 0) is 25.5 Å². The molecule has 0 spiro atoms. The van der Waals surface area contributed by atoms with E-state index >= 15 is 0 Å². The van der Waals surface area contributed by atoms with E-state index in [1.807, 2.05) is 42.5 Å². The van der Waals surface area contributed by atoms with Crippen LogP contribution < -0.4 is 5.32 Å². The summed E-state index contributed by atoms with van der Waals surface area (Å²) in [4.78, 5) is 23.8. The number of rotatable bonds is 8. The van der Waals surface area contributed by atoms with E-state index in [0.29, 0.717) is 0 Å². The van der Waals surface area contributed by atoms with Crippen molar-refractivity contribution in [1.82, 2.24) is 5.32 Å². The number of carboxylic acid groups (broad SMARTS) is 1. The van der Waals surface area contributed by atoms with Crippen molar-refractivity contribution < 1.29 is 24.2 Å². The molecule has 0 aromatic heterocycles. The number of nitrogens with one attached hydrogen (secondary N) is 1. The van der Waals surface area contributed by atoms with Crippen molar-refractivity contribution in [2.75, 3.05) is 20.8 Å². The van der Waals surface area contributed by atoms with Crippen LogP contribution in [0.1, 0.15) is 5.56 Å². The molecule has 0 aliphatic carbocycles. The van der Waals surface area contributed by atoms with Crippen LogP contribution in [0.4, 0.5) is 0 Å². The number of benzene rings is 2. The van der Waals surface area contributed by atoms with Gasteiger partial charge in [-0.2, -0.15) is 0 Å². The maximum absolute atomic E-state index is 12.3. The lowest BCUT2D eigenvalue weighted by molar-refractivity contribution is -0.148. The number of ether oxygens (including phenoxy) is 2. The number of hydrogen-bond acceptors (Lipinski definition) is 4. The zero-order chi connectivity index (χ0) is 17.5. The van der Waals surface area contributed by atoms with E-state index in [0.717, 1.165) is 16.3 Å². The van der Waals surface area contributed by atoms with Gasteiger partial charge >= 0.3 is 5.97 Å². The van der Waals surface area contributed by atoms with Crippen molar-refractivity contribution in [3.63, 3.8) is 0 Å². The number of aliphatic carboxylic acids is 1. The second kappa shape index (κ2) is 8.42. The summed E-state index contributed by atoms with van der Waals surface area (Å²) >= 11 is 0. The molecule has 2 rings (SSSR count). The smallest absolute Gasteiger partial charge is 0.316 e. The molecule has 1 unspecified atom stereocenters. The first-order chi connectivity index (χ1) is 11.6. The second-order valence-electron chi connectivity index (χ2n) is 5.38. The van der Waals surface area contributed by atoms with Gasteiger partial charge in [-0.25, -0.2) is 0 Å². The van der Waals surface area contributed by atoms with Crippen LogP contribution in [0.25, 0.3) is 10.8 Å². The molecular formula is C18H21NO5. The summed E-state index contributed by atoms with van der Waals surface area (Å²) < 4.78 is 9.96. The average Bonchev–Trinajstić information content (AvgIpc) is 2.60. The van der Waals surface area contributed by atoms with Gasteiger partial charge in [0.25, 0.3) is 0 Å².